The number of hydrogen-bond donors (Lipinski definition) is 0. The van der Waals surface area contributed by atoms with Gasteiger partial charge in [-0.3, -0.25) is 14.4 Å². The third kappa shape index (κ3) is 21.5. The lowest BCUT2D eigenvalue weighted by Crippen LogP contribution is -2.48. The van der Waals surface area contributed by atoms with Crippen molar-refractivity contribution in [2.24, 2.45) is 11.8 Å². The molecule has 0 saturated carbocycles. The highest BCUT2D eigenvalue weighted by Gasteiger charge is 2.33. The van der Waals surface area contributed by atoms with E-state index in [-0.39, 0.29) is 63.6 Å². The van der Waals surface area contributed by atoms with Gasteiger partial charge in [-0.05, 0) is 31.1 Å². The first-order valence-electron chi connectivity index (χ1n) is 16.4. The SMILES string of the molecule is CCCCCCCCCCCC(CC)OCCCN(C(=O)CCOC=O)[C@@H](CC(=O)OCC(C)C)C(=O)OCC(C)C. The number of rotatable bonds is 28. The molecule has 0 aliphatic carbocycles. The van der Waals surface area contributed by atoms with Gasteiger partial charge in [0.15, 0.2) is 0 Å². The van der Waals surface area contributed by atoms with Crippen LogP contribution in [0.15, 0.2) is 0 Å². The Kier molecular flexibility index (Phi) is 25.1. The number of carbonyl (C=O) groups excluding carboxylic acids is 4. The van der Waals surface area contributed by atoms with Crippen LogP contribution in [0.4, 0.5) is 0 Å². The van der Waals surface area contributed by atoms with Gasteiger partial charge >= 0.3 is 11.9 Å². The molecule has 2 atom stereocenters. The third-order valence-electron chi connectivity index (χ3n) is 6.95. The molecule has 0 bridgehead atoms. The molecule has 0 fully saturated rings. The number of nitrogens with zero attached hydrogens (tertiary/aromatic N) is 1. The molecule has 0 aromatic heterocycles. The van der Waals surface area contributed by atoms with Gasteiger partial charge in [-0.15, -0.1) is 0 Å². The van der Waals surface area contributed by atoms with E-state index in [1.165, 1.54) is 56.3 Å². The topological polar surface area (TPSA) is 108 Å². The number of amides is 1. The maximum atomic E-state index is 13.2. The zero-order valence-corrected chi connectivity index (χ0v) is 27.5. The number of ether oxygens (including phenoxy) is 4. The molecule has 246 valence electrons. The van der Waals surface area contributed by atoms with Gasteiger partial charge in [-0.2, -0.15) is 0 Å². The summed E-state index contributed by atoms with van der Waals surface area (Å²) in [6.45, 7) is 13.2. The van der Waals surface area contributed by atoms with Crippen LogP contribution in [0.5, 0.6) is 0 Å². The fourth-order valence-electron chi connectivity index (χ4n) is 4.51. The van der Waals surface area contributed by atoms with E-state index in [2.05, 4.69) is 13.8 Å². The second kappa shape index (κ2) is 26.5. The van der Waals surface area contributed by atoms with Crippen molar-refractivity contribution in [2.45, 2.75) is 144 Å². The number of hydrogen-bond acceptors (Lipinski definition) is 8. The van der Waals surface area contributed by atoms with Crippen molar-refractivity contribution in [1.82, 2.24) is 4.90 Å². The van der Waals surface area contributed by atoms with E-state index in [9.17, 15) is 19.2 Å². The summed E-state index contributed by atoms with van der Waals surface area (Å²) in [5.41, 5.74) is 0. The molecule has 0 saturated heterocycles. The maximum absolute atomic E-state index is 13.2. The van der Waals surface area contributed by atoms with Crippen molar-refractivity contribution < 1.29 is 38.1 Å². The van der Waals surface area contributed by atoms with Gasteiger partial charge in [0.1, 0.15) is 6.04 Å². The molecule has 9 heteroatoms. The molecule has 0 rings (SSSR count). The van der Waals surface area contributed by atoms with Crippen LogP contribution >= 0.6 is 0 Å². The standard InChI is InChI=1S/C33H61NO8/c1-7-9-10-11-12-13-14-15-16-18-29(8-2)40-21-17-20-34(31(36)19-22-39-26-35)30(33(38)42-25-28(5)6)23-32(37)41-24-27(3)4/h26-30H,7-25H2,1-6H3/t29?,30-/m0/s1. The van der Waals surface area contributed by atoms with Crippen LogP contribution in [-0.4, -0.2) is 74.3 Å². The fourth-order valence-corrected chi connectivity index (χ4v) is 4.51. The first-order valence-corrected chi connectivity index (χ1v) is 16.4. The Balaban J connectivity index is 5.08. The number of unbranched alkanes of at least 4 members (excludes halogenated alkanes) is 8. The maximum Gasteiger partial charge on any atom is 0.329 e. The summed E-state index contributed by atoms with van der Waals surface area (Å²) in [5.74, 6) is -1.38. The average molecular weight is 600 g/mol. The van der Waals surface area contributed by atoms with Gasteiger partial charge in [0.2, 0.25) is 5.91 Å². The van der Waals surface area contributed by atoms with E-state index < -0.39 is 23.9 Å². The predicted octanol–water partition coefficient (Wildman–Crippen LogP) is 6.64. The summed E-state index contributed by atoms with van der Waals surface area (Å²) in [7, 11) is 0. The molecule has 1 unspecified atom stereocenters. The van der Waals surface area contributed by atoms with E-state index in [4.69, 9.17) is 18.9 Å². The number of esters is 2. The number of carbonyl (C=O) groups is 4. The lowest BCUT2D eigenvalue weighted by molar-refractivity contribution is -0.161. The van der Waals surface area contributed by atoms with Crippen LogP contribution in [-0.2, 0) is 38.1 Å². The zero-order chi connectivity index (χ0) is 31.6. The largest absolute Gasteiger partial charge is 0.467 e. The third-order valence-corrected chi connectivity index (χ3v) is 6.95. The Morgan fingerprint density at radius 3 is 1.93 bits per heavy atom. The lowest BCUT2D eigenvalue weighted by atomic mass is 10.0. The van der Waals surface area contributed by atoms with Crippen molar-refractivity contribution in [3.63, 3.8) is 0 Å². The summed E-state index contributed by atoms with van der Waals surface area (Å²) < 4.78 is 21.6. The summed E-state index contributed by atoms with van der Waals surface area (Å²) in [6, 6.07) is -1.13. The molecule has 0 spiro atoms. The minimum absolute atomic E-state index is 0.0952. The summed E-state index contributed by atoms with van der Waals surface area (Å²) >= 11 is 0. The Bertz CT molecular complexity index is 712. The molecule has 0 aromatic carbocycles. The van der Waals surface area contributed by atoms with Crippen LogP contribution in [0, 0.1) is 11.8 Å². The van der Waals surface area contributed by atoms with Crippen LogP contribution in [0.25, 0.3) is 0 Å². The normalized spacial score (nSPS) is 12.7. The first-order chi connectivity index (χ1) is 20.2. The molecule has 0 N–H and O–H groups in total. The molecule has 0 aliphatic rings. The highest BCUT2D eigenvalue weighted by Crippen LogP contribution is 2.16. The molecule has 0 heterocycles. The minimum Gasteiger partial charge on any atom is -0.467 e. The van der Waals surface area contributed by atoms with Crippen molar-refractivity contribution in [1.29, 1.82) is 0 Å². The van der Waals surface area contributed by atoms with E-state index >= 15 is 0 Å². The predicted molar refractivity (Wildman–Crippen MR) is 165 cm³/mol. The van der Waals surface area contributed by atoms with Crippen LogP contribution in [0.2, 0.25) is 0 Å². The molecule has 42 heavy (non-hydrogen) atoms. The Morgan fingerprint density at radius 1 is 0.762 bits per heavy atom. The minimum atomic E-state index is -1.13. The van der Waals surface area contributed by atoms with Crippen molar-refractivity contribution in [3.8, 4) is 0 Å². The fraction of sp³-hybridized carbons (Fsp3) is 0.879. The van der Waals surface area contributed by atoms with E-state index in [0.29, 0.717) is 13.0 Å². The average Bonchev–Trinajstić information content (AvgIpc) is 2.95. The van der Waals surface area contributed by atoms with Crippen molar-refractivity contribution >= 4 is 24.3 Å². The molecular formula is C33H61NO8. The van der Waals surface area contributed by atoms with Gasteiger partial charge < -0.3 is 23.8 Å². The first kappa shape index (κ1) is 39.8. The van der Waals surface area contributed by atoms with Gasteiger partial charge in [0.05, 0.1) is 38.8 Å². The Morgan fingerprint density at radius 2 is 1.36 bits per heavy atom. The van der Waals surface area contributed by atoms with Gasteiger partial charge in [-0.1, -0.05) is 99.3 Å². The summed E-state index contributed by atoms with van der Waals surface area (Å²) in [6.07, 6.45) is 13.7. The van der Waals surface area contributed by atoms with Gasteiger partial charge in [0, 0.05) is 13.2 Å². The molecular weight excluding hydrogens is 538 g/mol. The summed E-state index contributed by atoms with van der Waals surface area (Å²) in [4.78, 5) is 50.8. The van der Waals surface area contributed by atoms with Crippen LogP contribution < -0.4 is 0 Å². The second-order valence-electron chi connectivity index (χ2n) is 12.0. The quantitative estimate of drug-likeness (QED) is 0.0426. The molecule has 0 radical (unpaired) electrons. The van der Waals surface area contributed by atoms with Gasteiger partial charge in [0.25, 0.3) is 6.47 Å². The summed E-state index contributed by atoms with van der Waals surface area (Å²) in [5, 5.41) is 0. The molecule has 9 nitrogen and oxygen atoms in total. The smallest absolute Gasteiger partial charge is 0.329 e. The Labute approximate surface area is 255 Å². The highest BCUT2D eigenvalue weighted by molar-refractivity contribution is 5.88. The van der Waals surface area contributed by atoms with Crippen molar-refractivity contribution in [2.75, 3.05) is 33.0 Å². The van der Waals surface area contributed by atoms with E-state index in [1.54, 1.807) is 0 Å². The lowest BCUT2D eigenvalue weighted by Gasteiger charge is -2.30. The van der Waals surface area contributed by atoms with E-state index in [0.717, 1.165) is 19.3 Å². The Hall–Kier alpha value is -2.16. The highest BCUT2D eigenvalue weighted by atomic mass is 16.5. The zero-order valence-electron chi connectivity index (χ0n) is 27.5. The second-order valence-corrected chi connectivity index (χ2v) is 12.0. The van der Waals surface area contributed by atoms with Crippen LogP contribution in [0.1, 0.15) is 131 Å². The molecule has 0 aliphatic heterocycles. The van der Waals surface area contributed by atoms with Crippen molar-refractivity contribution in [3.05, 3.63) is 0 Å². The molecule has 0 aromatic rings. The monoisotopic (exact) mass is 599 g/mol. The van der Waals surface area contributed by atoms with E-state index in [1.807, 2.05) is 27.7 Å². The molecule has 1 amide bonds. The van der Waals surface area contributed by atoms with Crippen LogP contribution in [0.3, 0.4) is 0 Å². The van der Waals surface area contributed by atoms with Gasteiger partial charge in [-0.25, -0.2) is 4.79 Å².